The number of carbonyl (C=O) groups is 1. The summed E-state index contributed by atoms with van der Waals surface area (Å²) in [7, 11) is 0.890. The molecule has 5 heteroatoms. The van der Waals surface area contributed by atoms with Crippen LogP contribution in [0.15, 0.2) is 30.3 Å². The third-order valence-corrected chi connectivity index (χ3v) is 2.95. The van der Waals surface area contributed by atoms with Crippen molar-refractivity contribution in [3.63, 3.8) is 0 Å². The SMILES string of the molecule is CCC(C)(O)C(=O)Oc1ccccc1.CCO[SiH3]. The van der Waals surface area contributed by atoms with Crippen molar-refractivity contribution < 1.29 is 19.1 Å². The zero-order valence-electron chi connectivity index (χ0n) is 11.5. The molecule has 1 aromatic rings. The maximum absolute atomic E-state index is 11.4. The van der Waals surface area contributed by atoms with E-state index in [1.165, 1.54) is 6.92 Å². The van der Waals surface area contributed by atoms with Gasteiger partial charge in [-0.15, -0.1) is 0 Å². The number of aliphatic hydroxyl groups is 1. The van der Waals surface area contributed by atoms with E-state index in [1.807, 2.05) is 13.0 Å². The van der Waals surface area contributed by atoms with Crippen molar-refractivity contribution in [3.8, 4) is 5.75 Å². The lowest BCUT2D eigenvalue weighted by Gasteiger charge is -2.18. The zero-order valence-corrected chi connectivity index (χ0v) is 13.5. The van der Waals surface area contributed by atoms with Gasteiger partial charge >= 0.3 is 5.97 Å². The molecule has 0 aromatic heterocycles. The highest BCUT2D eigenvalue weighted by atomic mass is 28.2. The first-order valence-electron chi connectivity index (χ1n) is 5.96. The van der Waals surface area contributed by atoms with Gasteiger partial charge in [0, 0.05) is 6.61 Å². The van der Waals surface area contributed by atoms with Gasteiger partial charge in [0.25, 0.3) is 0 Å². The molecule has 1 rings (SSSR count). The molecule has 0 aliphatic rings. The lowest BCUT2D eigenvalue weighted by Crippen LogP contribution is -2.37. The quantitative estimate of drug-likeness (QED) is 0.505. The Bertz CT molecular complexity index is 336. The predicted octanol–water partition coefficient (Wildman–Crippen LogP) is 1.06. The summed E-state index contributed by atoms with van der Waals surface area (Å²) in [5.41, 5.74) is -1.41. The topological polar surface area (TPSA) is 55.8 Å². The van der Waals surface area contributed by atoms with Crippen LogP contribution in [0.4, 0.5) is 0 Å². The molecule has 1 aromatic carbocycles. The molecule has 0 saturated heterocycles. The number of esters is 1. The van der Waals surface area contributed by atoms with Crippen molar-refractivity contribution in [2.24, 2.45) is 0 Å². The van der Waals surface area contributed by atoms with Crippen molar-refractivity contribution in [3.05, 3.63) is 30.3 Å². The van der Waals surface area contributed by atoms with E-state index in [-0.39, 0.29) is 0 Å². The molecule has 0 heterocycles. The van der Waals surface area contributed by atoms with Gasteiger partial charge in [-0.25, -0.2) is 4.79 Å². The summed E-state index contributed by atoms with van der Waals surface area (Å²) in [5.74, 6) is -0.169. The Hall–Kier alpha value is -1.17. The standard InChI is InChI=1S/C11H14O3.C2H8OSi/c1-3-11(2,13)10(12)14-9-7-5-4-6-8-9;1-2-3-4/h4-8,13H,3H2,1-2H3;2H2,1,4H3. The van der Waals surface area contributed by atoms with Crippen LogP contribution in [0.3, 0.4) is 0 Å². The van der Waals surface area contributed by atoms with Gasteiger partial charge < -0.3 is 14.3 Å². The van der Waals surface area contributed by atoms with Crippen LogP contribution in [0, 0.1) is 0 Å². The third kappa shape index (κ3) is 6.54. The highest BCUT2D eigenvalue weighted by Crippen LogP contribution is 2.15. The minimum atomic E-state index is -1.41. The van der Waals surface area contributed by atoms with Crippen LogP contribution in [0.1, 0.15) is 27.2 Å². The van der Waals surface area contributed by atoms with E-state index < -0.39 is 11.6 Å². The minimum absolute atomic E-state index is 0.332. The van der Waals surface area contributed by atoms with Crippen LogP contribution < -0.4 is 4.74 Å². The van der Waals surface area contributed by atoms with Crippen LogP contribution in [-0.4, -0.2) is 33.8 Å². The number of carbonyl (C=O) groups excluding carboxylic acids is 1. The minimum Gasteiger partial charge on any atom is -0.428 e. The Kier molecular flexibility index (Phi) is 8.27. The molecule has 0 aliphatic heterocycles. The van der Waals surface area contributed by atoms with E-state index >= 15 is 0 Å². The van der Waals surface area contributed by atoms with Gasteiger partial charge in [-0.3, -0.25) is 0 Å². The summed E-state index contributed by atoms with van der Waals surface area (Å²) in [6.45, 7) is 6.05. The molecule has 0 saturated carbocycles. The maximum atomic E-state index is 11.4. The second-order valence-corrected chi connectivity index (χ2v) is 4.48. The first-order chi connectivity index (χ1) is 8.47. The van der Waals surface area contributed by atoms with Gasteiger partial charge in [-0.2, -0.15) is 0 Å². The number of hydrogen-bond donors (Lipinski definition) is 1. The Balaban J connectivity index is 0.000000631. The Labute approximate surface area is 111 Å². The fourth-order valence-electron chi connectivity index (χ4n) is 0.850. The fraction of sp³-hybridized carbons (Fsp3) is 0.462. The van der Waals surface area contributed by atoms with Crippen LogP contribution >= 0.6 is 0 Å². The first-order valence-corrected chi connectivity index (χ1v) is 6.78. The van der Waals surface area contributed by atoms with Crippen LogP contribution in [0.5, 0.6) is 5.75 Å². The number of hydrogen-bond acceptors (Lipinski definition) is 4. The van der Waals surface area contributed by atoms with Crippen molar-refractivity contribution in [2.45, 2.75) is 32.8 Å². The van der Waals surface area contributed by atoms with Crippen molar-refractivity contribution >= 4 is 16.5 Å². The van der Waals surface area contributed by atoms with Gasteiger partial charge in [0.1, 0.15) is 16.2 Å². The molecule has 1 N–H and O–H groups in total. The summed E-state index contributed by atoms with van der Waals surface area (Å²) in [4.78, 5) is 11.4. The van der Waals surface area contributed by atoms with E-state index in [9.17, 15) is 9.90 Å². The zero-order chi connectivity index (χ0) is 14.0. The summed E-state index contributed by atoms with van der Waals surface area (Å²) in [6.07, 6.45) is 0.332. The largest absolute Gasteiger partial charge is 0.428 e. The highest BCUT2D eigenvalue weighted by Gasteiger charge is 2.30. The molecule has 0 fully saturated rings. The Morgan fingerprint density at radius 3 is 2.22 bits per heavy atom. The summed E-state index contributed by atoms with van der Waals surface area (Å²) in [5, 5.41) is 9.58. The molecule has 102 valence electrons. The average molecular weight is 270 g/mol. The van der Waals surface area contributed by atoms with E-state index in [1.54, 1.807) is 31.2 Å². The molecule has 1 unspecified atom stereocenters. The number of ether oxygens (including phenoxy) is 1. The summed E-state index contributed by atoms with van der Waals surface area (Å²) in [6, 6.07) is 8.70. The van der Waals surface area contributed by atoms with Gasteiger partial charge in [0.2, 0.25) is 0 Å². The van der Waals surface area contributed by atoms with Gasteiger partial charge in [-0.1, -0.05) is 25.1 Å². The van der Waals surface area contributed by atoms with Gasteiger partial charge in [0.15, 0.2) is 5.60 Å². The molecule has 0 aliphatic carbocycles. The van der Waals surface area contributed by atoms with E-state index in [0.29, 0.717) is 12.2 Å². The predicted molar refractivity (Wildman–Crippen MR) is 74.6 cm³/mol. The van der Waals surface area contributed by atoms with Crippen molar-refractivity contribution in [1.82, 2.24) is 0 Å². The molecule has 0 radical (unpaired) electrons. The number of para-hydroxylation sites is 1. The highest BCUT2D eigenvalue weighted by molar-refractivity contribution is 5.97. The lowest BCUT2D eigenvalue weighted by atomic mass is 10.0. The molecule has 18 heavy (non-hydrogen) atoms. The van der Waals surface area contributed by atoms with Crippen LogP contribution in [0.25, 0.3) is 0 Å². The monoisotopic (exact) mass is 270 g/mol. The molecule has 0 bridgehead atoms. The second-order valence-electron chi connectivity index (χ2n) is 3.91. The summed E-state index contributed by atoms with van der Waals surface area (Å²) >= 11 is 0. The van der Waals surface area contributed by atoms with E-state index in [4.69, 9.17) is 4.74 Å². The first kappa shape index (κ1) is 16.8. The van der Waals surface area contributed by atoms with E-state index in [0.717, 1.165) is 17.1 Å². The molecule has 1 atom stereocenters. The molecular weight excluding hydrogens is 248 g/mol. The second kappa shape index (κ2) is 8.85. The van der Waals surface area contributed by atoms with Gasteiger partial charge in [0.05, 0.1) is 0 Å². The Morgan fingerprint density at radius 2 is 1.83 bits per heavy atom. The average Bonchev–Trinajstić information content (AvgIpc) is 2.40. The van der Waals surface area contributed by atoms with E-state index in [2.05, 4.69) is 4.43 Å². The lowest BCUT2D eigenvalue weighted by molar-refractivity contribution is -0.153. The van der Waals surface area contributed by atoms with Crippen molar-refractivity contribution in [1.29, 1.82) is 0 Å². The van der Waals surface area contributed by atoms with Crippen LogP contribution in [-0.2, 0) is 9.22 Å². The Morgan fingerprint density at radius 1 is 1.33 bits per heavy atom. The molecule has 4 nitrogen and oxygen atoms in total. The number of rotatable bonds is 4. The van der Waals surface area contributed by atoms with Gasteiger partial charge in [-0.05, 0) is 32.4 Å². The van der Waals surface area contributed by atoms with Crippen LogP contribution in [0.2, 0.25) is 0 Å². The molecule has 0 spiro atoms. The maximum Gasteiger partial charge on any atom is 0.343 e. The summed E-state index contributed by atoms with van der Waals surface area (Å²) < 4.78 is 9.66. The molecule has 0 amide bonds. The smallest absolute Gasteiger partial charge is 0.343 e. The third-order valence-electron chi connectivity index (χ3n) is 2.37. The molecular formula is C13H22O4Si. The number of benzene rings is 1. The normalized spacial score (nSPS) is 13.1. The fourth-order valence-corrected chi connectivity index (χ4v) is 0.850. The van der Waals surface area contributed by atoms with Crippen molar-refractivity contribution in [2.75, 3.05) is 6.61 Å².